The molecule has 5 nitrogen and oxygen atoms in total. The largest absolute Gasteiger partial charge is 0.465 e. The van der Waals surface area contributed by atoms with Crippen molar-refractivity contribution in [3.8, 4) is 11.8 Å². The third-order valence-electron chi connectivity index (χ3n) is 5.62. The van der Waals surface area contributed by atoms with Gasteiger partial charge in [-0.2, -0.15) is 0 Å². The van der Waals surface area contributed by atoms with Gasteiger partial charge in [0, 0.05) is 12.8 Å². The molecule has 0 aromatic carbocycles. The van der Waals surface area contributed by atoms with Crippen molar-refractivity contribution in [1.29, 1.82) is 0 Å². The second-order valence-corrected chi connectivity index (χ2v) is 8.54. The van der Waals surface area contributed by atoms with E-state index in [1.807, 2.05) is 17.9 Å². The van der Waals surface area contributed by atoms with E-state index in [2.05, 4.69) is 18.4 Å². The van der Waals surface area contributed by atoms with Gasteiger partial charge in [0.1, 0.15) is 11.0 Å². The second-order valence-electron chi connectivity index (χ2n) is 7.49. The maximum absolute atomic E-state index is 13.4. The van der Waals surface area contributed by atoms with E-state index < -0.39 is 12.1 Å². The van der Waals surface area contributed by atoms with Crippen molar-refractivity contribution in [3.63, 3.8) is 0 Å². The van der Waals surface area contributed by atoms with Crippen LogP contribution in [0.25, 0.3) is 0 Å². The Bertz CT molecular complexity index is 813. The zero-order chi connectivity index (χ0) is 20.8. The van der Waals surface area contributed by atoms with Crippen LogP contribution in [0.4, 0.5) is 5.69 Å². The summed E-state index contributed by atoms with van der Waals surface area (Å²) in [6.45, 7) is 6.20. The van der Waals surface area contributed by atoms with Crippen molar-refractivity contribution in [3.05, 3.63) is 28.5 Å². The highest BCUT2D eigenvalue weighted by Gasteiger charge is 2.42. The predicted octanol–water partition coefficient (Wildman–Crippen LogP) is 4.55. The van der Waals surface area contributed by atoms with Crippen LogP contribution in [0.15, 0.2) is 18.7 Å². The normalized spacial score (nSPS) is 22.7. The molecule has 6 heteroatoms. The van der Waals surface area contributed by atoms with Crippen LogP contribution in [-0.2, 0) is 14.3 Å². The fourth-order valence-corrected chi connectivity index (χ4v) is 5.14. The van der Waals surface area contributed by atoms with E-state index in [-0.39, 0.29) is 11.9 Å². The first-order valence-electron chi connectivity index (χ1n) is 10.4. The number of esters is 1. The lowest BCUT2D eigenvalue weighted by Gasteiger charge is -2.43. The highest BCUT2D eigenvalue weighted by Crippen LogP contribution is 2.39. The molecule has 29 heavy (non-hydrogen) atoms. The molecule has 3 rings (SSSR count). The molecule has 0 radical (unpaired) electrons. The van der Waals surface area contributed by atoms with Gasteiger partial charge in [-0.15, -0.1) is 17.9 Å². The van der Waals surface area contributed by atoms with Crippen molar-refractivity contribution < 1.29 is 19.1 Å². The lowest BCUT2D eigenvalue weighted by atomic mass is 9.82. The van der Waals surface area contributed by atoms with E-state index in [0.717, 1.165) is 24.1 Å². The first-order chi connectivity index (χ1) is 14.1. The predicted molar refractivity (Wildman–Crippen MR) is 115 cm³/mol. The van der Waals surface area contributed by atoms with Gasteiger partial charge in [-0.05, 0) is 24.8 Å². The molecule has 1 amide bonds. The van der Waals surface area contributed by atoms with E-state index in [1.54, 1.807) is 6.08 Å². The number of carbonyl (C=O) groups is 2. The summed E-state index contributed by atoms with van der Waals surface area (Å²) in [4.78, 5) is 29.0. The molecule has 2 atom stereocenters. The summed E-state index contributed by atoms with van der Waals surface area (Å²) in [5.74, 6) is 5.97. The van der Waals surface area contributed by atoms with Crippen LogP contribution in [0.5, 0.6) is 0 Å². The first-order valence-corrected chi connectivity index (χ1v) is 11.2. The molecule has 1 aromatic rings. The number of carbonyl (C=O) groups excluding carboxylic acids is 2. The van der Waals surface area contributed by atoms with Crippen LogP contribution in [-0.4, -0.2) is 37.7 Å². The Balaban J connectivity index is 2.05. The first kappa shape index (κ1) is 21.6. The van der Waals surface area contributed by atoms with Gasteiger partial charge < -0.3 is 14.4 Å². The molecule has 2 heterocycles. The monoisotopic (exact) mass is 415 g/mol. The Labute approximate surface area is 177 Å². The minimum absolute atomic E-state index is 0.0751. The van der Waals surface area contributed by atoms with E-state index in [4.69, 9.17) is 9.47 Å². The van der Waals surface area contributed by atoms with Gasteiger partial charge in [-0.1, -0.05) is 44.1 Å². The average molecular weight is 416 g/mol. The van der Waals surface area contributed by atoms with E-state index in [9.17, 15) is 9.59 Å². The Morgan fingerprint density at radius 2 is 2.17 bits per heavy atom. The minimum atomic E-state index is -0.567. The maximum atomic E-state index is 13.4. The number of methoxy groups -OCH3 is 1. The molecule has 156 valence electrons. The summed E-state index contributed by atoms with van der Waals surface area (Å²) in [7, 11) is 1.36. The van der Waals surface area contributed by atoms with E-state index in [1.165, 1.54) is 37.7 Å². The van der Waals surface area contributed by atoms with E-state index >= 15 is 0 Å². The van der Waals surface area contributed by atoms with Crippen molar-refractivity contribution in [2.24, 2.45) is 5.92 Å². The number of rotatable bonds is 5. The number of anilines is 1. The lowest BCUT2D eigenvalue weighted by molar-refractivity contribution is -0.137. The molecule has 0 spiro atoms. The van der Waals surface area contributed by atoms with Crippen molar-refractivity contribution in [1.82, 2.24) is 0 Å². The Hall–Kier alpha value is -2.10. The zero-order valence-electron chi connectivity index (χ0n) is 17.2. The number of thiophene rings is 1. The highest BCUT2D eigenvalue weighted by atomic mass is 32.1. The van der Waals surface area contributed by atoms with Crippen molar-refractivity contribution >= 4 is 28.9 Å². The quantitative estimate of drug-likeness (QED) is 0.402. The zero-order valence-corrected chi connectivity index (χ0v) is 18.1. The van der Waals surface area contributed by atoms with Crippen molar-refractivity contribution in [2.45, 2.75) is 64.0 Å². The number of morpholine rings is 1. The standard InChI is InChI=1S/C23H29NO4S/c1-4-6-13-17-14-18(21(29-17)23(26)27-3)24-19(16-11-8-7-9-12-16)15-28-20(10-5-2)22(24)25/h5,14,16,19-20H,2,4,7-12,15H2,1,3H3. The van der Waals surface area contributed by atoms with Crippen LogP contribution in [0, 0.1) is 17.8 Å². The Morgan fingerprint density at radius 3 is 2.83 bits per heavy atom. The third-order valence-corrected chi connectivity index (χ3v) is 6.64. The van der Waals surface area contributed by atoms with Gasteiger partial charge in [-0.3, -0.25) is 4.79 Å². The molecule has 0 bridgehead atoms. The van der Waals surface area contributed by atoms with Crippen LogP contribution in [0.3, 0.4) is 0 Å². The fourth-order valence-electron chi connectivity index (χ4n) is 4.20. The molecular weight excluding hydrogens is 386 g/mol. The maximum Gasteiger partial charge on any atom is 0.350 e. The fraction of sp³-hybridized carbons (Fsp3) is 0.565. The molecule has 1 aliphatic carbocycles. The molecule has 1 saturated heterocycles. The van der Waals surface area contributed by atoms with Gasteiger partial charge >= 0.3 is 5.97 Å². The molecular formula is C23H29NO4S. The van der Waals surface area contributed by atoms with Gasteiger partial charge in [0.05, 0.1) is 30.3 Å². The van der Waals surface area contributed by atoms with Gasteiger partial charge in [0.25, 0.3) is 5.91 Å². The SMILES string of the molecule is C=CCC1OCC(C2CCCCC2)N(c2cc(C#CCC)sc2C(=O)OC)C1=O. The molecule has 0 N–H and O–H groups in total. The van der Waals surface area contributed by atoms with Crippen LogP contribution in [0.1, 0.15) is 66.4 Å². The summed E-state index contributed by atoms with van der Waals surface area (Å²) in [6, 6.07) is 1.79. The van der Waals surface area contributed by atoms with Gasteiger partial charge in [-0.25, -0.2) is 4.79 Å². The molecule has 1 saturated carbocycles. The summed E-state index contributed by atoms with van der Waals surface area (Å²) in [6.07, 6.45) is 8.03. The number of hydrogen-bond acceptors (Lipinski definition) is 5. The number of ether oxygens (including phenoxy) is 2. The van der Waals surface area contributed by atoms with Crippen LogP contribution >= 0.6 is 11.3 Å². The number of nitrogens with zero attached hydrogens (tertiary/aromatic N) is 1. The van der Waals surface area contributed by atoms with Crippen molar-refractivity contribution in [2.75, 3.05) is 18.6 Å². The Kier molecular flexibility index (Phi) is 7.51. The molecule has 1 aliphatic heterocycles. The highest BCUT2D eigenvalue weighted by molar-refractivity contribution is 7.15. The average Bonchev–Trinajstić information content (AvgIpc) is 3.17. The number of amides is 1. The van der Waals surface area contributed by atoms with Crippen LogP contribution < -0.4 is 4.90 Å². The van der Waals surface area contributed by atoms with Gasteiger partial charge in [0.2, 0.25) is 0 Å². The number of hydrogen-bond donors (Lipinski definition) is 0. The molecule has 2 fully saturated rings. The molecule has 2 unspecified atom stereocenters. The summed E-state index contributed by atoms with van der Waals surface area (Å²) >= 11 is 1.29. The summed E-state index contributed by atoms with van der Waals surface area (Å²) in [5.41, 5.74) is 0.611. The summed E-state index contributed by atoms with van der Waals surface area (Å²) in [5, 5.41) is 0. The summed E-state index contributed by atoms with van der Waals surface area (Å²) < 4.78 is 11.0. The molecule has 2 aliphatic rings. The Morgan fingerprint density at radius 1 is 1.41 bits per heavy atom. The smallest absolute Gasteiger partial charge is 0.350 e. The third kappa shape index (κ3) is 4.73. The lowest BCUT2D eigenvalue weighted by Crippen LogP contribution is -2.57. The minimum Gasteiger partial charge on any atom is -0.465 e. The van der Waals surface area contributed by atoms with Crippen LogP contribution in [0.2, 0.25) is 0 Å². The van der Waals surface area contributed by atoms with E-state index in [0.29, 0.717) is 29.5 Å². The second kappa shape index (κ2) is 10.1. The van der Waals surface area contributed by atoms with Gasteiger partial charge in [0.15, 0.2) is 0 Å². The topological polar surface area (TPSA) is 55.8 Å². The molecule has 1 aromatic heterocycles.